The van der Waals surface area contributed by atoms with Crippen LogP contribution in [0.5, 0.6) is 5.75 Å². The zero-order valence-electron chi connectivity index (χ0n) is 10.4. The third-order valence-corrected chi connectivity index (χ3v) is 3.43. The van der Waals surface area contributed by atoms with Crippen molar-refractivity contribution < 1.29 is 18.7 Å². The van der Waals surface area contributed by atoms with E-state index < -0.39 is 0 Å². The molecule has 1 atom stereocenters. The standard InChI is InChI=1S/C14H13NO4/c1-18-11-4-2-3-8-10(7-19-13(8)11)9-5-6-12(16)15-14(9)17/h2-4,7,9H,5-6H2,1H3,(H,15,16,17). The van der Waals surface area contributed by atoms with Crippen molar-refractivity contribution in [3.05, 3.63) is 30.0 Å². The van der Waals surface area contributed by atoms with Crippen LogP contribution in [0.3, 0.4) is 0 Å². The van der Waals surface area contributed by atoms with Gasteiger partial charge < -0.3 is 9.15 Å². The molecule has 5 heteroatoms. The Balaban J connectivity index is 2.06. The van der Waals surface area contributed by atoms with Gasteiger partial charge in [0.1, 0.15) is 0 Å². The van der Waals surface area contributed by atoms with E-state index in [9.17, 15) is 9.59 Å². The molecule has 2 heterocycles. The van der Waals surface area contributed by atoms with Crippen molar-refractivity contribution in [1.82, 2.24) is 5.32 Å². The van der Waals surface area contributed by atoms with Crippen LogP contribution in [0.1, 0.15) is 24.3 Å². The summed E-state index contributed by atoms with van der Waals surface area (Å²) < 4.78 is 10.7. The number of carbonyl (C=O) groups is 2. The summed E-state index contributed by atoms with van der Waals surface area (Å²) >= 11 is 0. The van der Waals surface area contributed by atoms with Gasteiger partial charge in [-0.2, -0.15) is 0 Å². The number of furan rings is 1. The van der Waals surface area contributed by atoms with Gasteiger partial charge in [-0.3, -0.25) is 14.9 Å². The molecule has 0 aliphatic carbocycles. The first kappa shape index (κ1) is 11.8. The van der Waals surface area contributed by atoms with Crippen molar-refractivity contribution in [2.24, 2.45) is 0 Å². The lowest BCUT2D eigenvalue weighted by Gasteiger charge is -2.19. The number of para-hydroxylation sites is 1. The number of imide groups is 1. The predicted molar refractivity (Wildman–Crippen MR) is 67.9 cm³/mol. The first-order valence-electron chi connectivity index (χ1n) is 6.08. The normalized spacial score (nSPS) is 19.5. The zero-order valence-corrected chi connectivity index (χ0v) is 10.4. The van der Waals surface area contributed by atoms with Gasteiger partial charge in [0.05, 0.1) is 19.3 Å². The molecule has 1 aliphatic rings. The topological polar surface area (TPSA) is 68.5 Å². The van der Waals surface area contributed by atoms with Crippen LogP contribution in [0.2, 0.25) is 0 Å². The summed E-state index contributed by atoms with van der Waals surface area (Å²) in [6.07, 6.45) is 2.44. The minimum Gasteiger partial charge on any atom is -0.493 e. The number of methoxy groups -OCH3 is 1. The summed E-state index contributed by atoms with van der Waals surface area (Å²) in [4.78, 5) is 23.1. The molecule has 5 nitrogen and oxygen atoms in total. The number of nitrogens with one attached hydrogen (secondary N) is 1. The van der Waals surface area contributed by atoms with Gasteiger partial charge in [-0.1, -0.05) is 12.1 Å². The second kappa shape index (κ2) is 4.42. The van der Waals surface area contributed by atoms with Crippen LogP contribution in [-0.2, 0) is 9.59 Å². The lowest BCUT2D eigenvalue weighted by molar-refractivity contribution is -0.134. The largest absolute Gasteiger partial charge is 0.493 e. The first-order valence-corrected chi connectivity index (χ1v) is 6.08. The van der Waals surface area contributed by atoms with Crippen LogP contribution in [-0.4, -0.2) is 18.9 Å². The van der Waals surface area contributed by atoms with Gasteiger partial charge in [-0.05, 0) is 12.5 Å². The molecular weight excluding hydrogens is 246 g/mol. The Morgan fingerprint density at radius 3 is 2.95 bits per heavy atom. The average Bonchev–Trinajstić information content (AvgIpc) is 2.82. The van der Waals surface area contributed by atoms with E-state index in [1.807, 2.05) is 12.1 Å². The maximum Gasteiger partial charge on any atom is 0.234 e. The fourth-order valence-electron chi connectivity index (χ4n) is 2.47. The van der Waals surface area contributed by atoms with Crippen LogP contribution in [0.25, 0.3) is 11.0 Å². The summed E-state index contributed by atoms with van der Waals surface area (Å²) in [7, 11) is 1.57. The molecule has 0 saturated carbocycles. The maximum atomic E-state index is 11.9. The molecule has 1 N–H and O–H groups in total. The van der Waals surface area contributed by atoms with Crippen LogP contribution in [0, 0.1) is 0 Å². The SMILES string of the molecule is COc1cccc2c(C3CCC(=O)NC3=O)coc12. The average molecular weight is 259 g/mol. The van der Waals surface area contributed by atoms with E-state index in [0.717, 1.165) is 10.9 Å². The number of benzene rings is 1. The van der Waals surface area contributed by atoms with E-state index in [1.165, 1.54) is 0 Å². The van der Waals surface area contributed by atoms with Gasteiger partial charge >= 0.3 is 0 Å². The number of rotatable bonds is 2. The van der Waals surface area contributed by atoms with Crippen LogP contribution in [0.4, 0.5) is 0 Å². The predicted octanol–water partition coefficient (Wildman–Crippen LogP) is 1.96. The third kappa shape index (κ3) is 1.87. The second-order valence-electron chi connectivity index (χ2n) is 4.53. The number of piperidine rings is 1. The number of hydrogen-bond acceptors (Lipinski definition) is 4. The smallest absolute Gasteiger partial charge is 0.234 e. The maximum absolute atomic E-state index is 11.9. The molecule has 1 aliphatic heterocycles. The zero-order chi connectivity index (χ0) is 13.4. The highest BCUT2D eigenvalue weighted by molar-refractivity contribution is 6.03. The number of fused-ring (bicyclic) bond motifs is 1. The van der Waals surface area contributed by atoms with Crippen molar-refractivity contribution in [2.45, 2.75) is 18.8 Å². The van der Waals surface area contributed by atoms with E-state index in [-0.39, 0.29) is 17.7 Å². The molecule has 19 heavy (non-hydrogen) atoms. The van der Waals surface area contributed by atoms with Gasteiger partial charge in [-0.15, -0.1) is 0 Å². The van der Waals surface area contributed by atoms with E-state index in [1.54, 1.807) is 19.4 Å². The first-order chi connectivity index (χ1) is 9.20. The van der Waals surface area contributed by atoms with Crippen LogP contribution < -0.4 is 10.1 Å². The molecule has 1 unspecified atom stereocenters. The minimum atomic E-state index is -0.342. The van der Waals surface area contributed by atoms with Crippen LogP contribution in [0.15, 0.2) is 28.9 Å². The number of ether oxygens (including phenoxy) is 1. The Hall–Kier alpha value is -2.30. The highest BCUT2D eigenvalue weighted by atomic mass is 16.5. The van der Waals surface area contributed by atoms with E-state index >= 15 is 0 Å². The molecule has 1 aromatic heterocycles. The molecule has 0 bridgehead atoms. The van der Waals surface area contributed by atoms with Gasteiger partial charge in [0.2, 0.25) is 11.8 Å². The summed E-state index contributed by atoms with van der Waals surface area (Å²) in [5.41, 5.74) is 1.43. The minimum absolute atomic E-state index is 0.216. The van der Waals surface area contributed by atoms with Crippen molar-refractivity contribution in [3.8, 4) is 5.75 Å². The molecule has 2 amide bonds. The fourth-order valence-corrected chi connectivity index (χ4v) is 2.47. The van der Waals surface area contributed by atoms with Crippen LogP contribution >= 0.6 is 0 Å². The lowest BCUT2D eigenvalue weighted by atomic mass is 9.90. The molecule has 3 rings (SSSR count). The lowest BCUT2D eigenvalue weighted by Crippen LogP contribution is -2.39. The van der Waals surface area contributed by atoms with E-state index in [0.29, 0.717) is 24.2 Å². The molecular formula is C14H13NO4. The molecule has 98 valence electrons. The Morgan fingerprint density at radius 1 is 1.37 bits per heavy atom. The van der Waals surface area contributed by atoms with Gasteiger partial charge in [0, 0.05) is 17.4 Å². The fraction of sp³-hybridized carbons (Fsp3) is 0.286. The third-order valence-electron chi connectivity index (χ3n) is 3.43. The van der Waals surface area contributed by atoms with E-state index in [2.05, 4.69) is 5.32 Å². The van der Waals surface area contributed by atoms with Crippen molar-refractivity contribution in [1.29, 1.82) is 0 Å². The number of amides is 2. The second-order valence-corrected chi connectivity index (χ2v) is 4.53. The number of carbonyl (C=O) groups excluding carboxylic acids is 2. The Bertz CT molecular complexity index is 659. The monoisotopic (exact) mass is 259 g/mol. The van der Waals surface area contributed by atoms with Gasteiger partial charge in [-0.25, -0.2) is 0 Å². The van der Waals surface area contributed by atoms with Crippen molar-refractivity contribution >= 4 is 22.8 Å². The quantitative estimate of drug-likeness (QED) is 0.837. The van der Waals surface area contributed by atoms with Crippen molar-refractivity contribution in [3.63, 3.8) is 0 Å². The molecule has 1 saturated heterocycles. The molecule has 1 fully saturated rings. The van der Waals surface area contributed by atoms with E-state index in [4.69, 9.17) is 9.15 Å². The highest BCUT2D eigenvalue weighted by Crippen LogP contribution is 2.36. The summed E-state index contributed by atoms with van der Waals surface area (Å²) in [5, 5.41) is 3.22. The summed E-state index contributed by atoms with van der Waals surface area (Å²) in [6, 6.07) is 5.55. The molecule has 2 aromatic rings. The molecule has 0 spiro atoms. The summed E-state index contributed by atoms with van der Waals surface area (Å²) in [6.45, 7) is 0. The number of hydrogen-bond donors (Lipinski definition) is 1. The van der Waals surface area contributed by atoms with Gasteiger partial charge in [0.15, 0.2) is 11.3 Å². The Kier molecular flexibility index (Phi) is 2.74. The molecule has 1 aromatic carbocycles. The summed E-state index contributed by atoms with van der Waals surface area (Å²) in [5.74, 6) is -0.185. The molecule has 0 radical (unpaired) electrons. The highest BCUT2D eigenvalue weighted by Gasteiger charge is 2.30. The van der Waals surface area contributed by atoms with Crippen molar-refractivity contribution in [2.75, 3.05) is 7.11 Å². The Labute approximate surface area is 109 Å². The Morgan fingerprint density at radius 2 is 2.21 bits per heavy atom. The van der Waals surface area contributed by atoms with Gasteiger partial charge in [0.25, 0.3) is 0 Å².